The highest BCUT2D eigenvalue weighted by atomic mass is 16.5. The van der Waals surface area contributed by atoms with Crippen molar-refractivity contribution < 1.29 is 14.3 Å². The van der Waals surface area contributed by atoms with Crippen LogP contribution in [0.4, 0.5) is 0 Å². The number of carbonyl (C=O) groups excluding carboxylic acids is 2. The monoisotopic (exact) mass is 352 g/mol. The Hall–Kier alpha value is -2.82. The Bertz CT molecular complexity index is 742. The highest BCUT2D eigenvalue weighted by molar-refractivity contribution is 5.87. The van der Waals surface area contributed by atoms with Crippen LogP contribution in [0.3, 0.4) is 0 Å². The number of amides is 2. The predicted molar refractivity (Wildman–Crippen MR) is 99.9 cm³/mol. The van der Waals surface area contributed by atoms with E-state index in [2.05, 4.69) is 22.8 Å². The van der Waals surface area contributed by atoms with Crippen molar-refractivity contribution in [2.45, 2.75) is 31.2 Å². The fourth-order valence-electron chi connectivity index (χ4n) is 2.93. The van der Waals surface area contributed by atoms with Crippen molar-refractivity contribution in [1.29, 1.82) is 0 Å². The average Bonchev–Trinajstić information content (AvgIpc) is 3.47. The van der Waals surface area contributed by atoms with Crippen LogP contribution in [0.25, 0.3) is 0 Å². The second-order valence-electron chi connectivity index (χ2n) is 6.76. The third-order valence-corrected chi connectivity index (χ3v) is 4.72. The molecule has 1 atom stereocenters. The highest BCUT2D eigenvalue weighted by Gasteiger charge is 2.44. The van der Waals surface area contributed by atoms with Crippen LogP contribution in [-0.4, -0.2) is 31.0 Å². The molecule has 2 aromatic carbocycles. The number of ether oxygens (including phenoxy) is 1. The average molecular weight is 352 g/mol. The van der Waals surface area contributed by atoms with E-state index >= 15 is 0 Å². The van der Waals surface area contributed by atoms with Gasteiger partial charge in [-0.05, 0) is 37.5 Å². The van der Waals surface area contributed by atoms with Gasteiger partial charge in [0.1, 0.15) is 11.8 Å². The van der Waals surface area contributed by atoms with Crippen LogP contribution >= 0.6 is 0 Å². The molecule has 136 valence electrons. The third-order valence-electron chi connectivity index (χ3n) is 4.72. The van der Waals surface area contributed by atoms with Crippen molar-refractivity contribution in [3.63, 3.8) is 0 Å². The zero-order chi connectivity index (χ0) is 18.4. The summed E-state index contributed by atoms with van der Waals surface area (Å²) in [6.45, 7) is 2.16. The van der Waals surface area contributed by atoms with Gasteiger partial charge >= 0.3 is 0 Å². The first kappa shape index (κ1) is 18.0. The molecule has 3 rings (SSSR count). The standard InChI is InChI=1S/C21H24N2O3/c1-16(23-19(24)14-26-18-10-6-3-7-11-18)20(25)22-15-21(12-13-21)17-8-4-2-5-9-17/h2-11,16H,12-15H2,1H3,(H,22,25)(H,23,24)/t16-/m0/s1. The molecule has 5 nitrogen and oxygen atoms in total. The summed E-state index contributed by atoms with van der Waals surface area (Å²) < 4.78 is 5.39. The second kappa shape index (κ2) is 8.04. The van der Waals surface area contributed by atoms with Gasteiger partial charge in [0.15, 0.2) is 6.61 Å². The fraction of sp³-hybridized carbons (Fsp3) is 0.333. The maximum Gasteiger partial charge on any atom is 0.258 e. The molecule has 1 aliphatic carbocycles. The van der Waals surface area contributed by atoms with E-state index in [-0.39, 0.29) is 23.8 Å². The first-order chi connectivity index (χ1) is 12.6. The number of nitrogens with one attached hydrogen (secondary N) is 2. The summed E-state index contributed by atoms with van der Waals surface area (Å²) in [7, 11) is 0. The minimum atomic E-state index is -0.603. The molecule has 1 fully saturated rings. The van der Waals surface area contributed by atoms with Gasteiger partial charge in [0.05, 0.1) is 0 Å². The van der Waals surface area contributed by atoms with Crippen molar-refractivity contribution >= 4 is 11.8 Å². The van der Waals surface area contributed by atoms with E-state index < -0.39 is 6.04 Å². The van der Waals surface area contributed by atoms with Crippen molar-refractivity contribution in [2.75, 3.05) is 13.2 Å². The molecule has 0 heterocycles. The fourth-order valence-corrected chi connectivity index (χ4v) is 2.93. The quantitative estimate of drug-likeness (QED) is 0.767. The van der Waals surface area contributed by atoms with Gasteiger partial charge in [-0.3, -0.25) is 9.59 Å². The minimum absolute atomic E-state index is 0.0526. The van der Waals surface area contributed by atoms with Crippen LogP contribution in [0.1, 0.15) is 25.3 Å². The normalized spacial score (nSPS) is 15.6. The summed E-state index contributed by atoms with van der Waals surface area (Å²) in [6, 6.07) is 18.7. The van der Waals surface area contributed by atoms with Gasteiger partial charge in [0.25, 0.3) is 5.91 Å². The van der Waals surface area contributed by atoms with E-state index in [1.54, 1.807) is 19.1 Å². The molecule has 2 N–H and O–H groups in total. The third kappa shape index (κ3) is 4.63. The topological polar surface area (TPSA) is 67.4 Å². The Labute approximate surface area is 153 Å². The van der Waals surface area contributed by atoms with E-state index in [0.717, 1.165) is 12.8 Å². The van der Waals surface area contributed by atoms with Crippen molar-refractivity contribution in [2.24, 2.45) is 0 Å². The van der Waals surface area contributed by atoms with Crippen LogP contribution in [0.2, 0.25) is 0 Å². The zero-order valence-corrected chi connectivity index (χ0v) is 14.9. The van der Waals surface area contributed by atoms with Gasteiger partial charge in [0.2, 0.25) is 5.91 Å². The van der Waals surface area contributed by atoms with Crippen LogP contribution in [0.15, 0.2) is 60.7 Å². The van der Waals surface area contributed by atoms with E-state index in [1.807, 2.05) is 36.4 Å². The smallest absolute Gasteiger partial charge is 0.258 e. The molecule has 1 aliphatic rings. The number of carbonyl (C=O) groups is 2. The van der Waals surface area contributed by atoms with Gasteiger partial charge in [-0.15, -0.1) is 0 Å². The molecule has 1 saturated carbocycles. The van der Waals surface area contributed by atoms with Gasteiger partial charge in [-0.2, -0.15) is 0 Å². The lowest BCUT2D eigenvalue weighted by molar-refractivity contribution is -0.129. The van der Waals surface area contributed by atoms with Crippen LogP contribution in [0, 0.1) is 0 Å². The van der Waals surface area contributed by atoms with Crippen LogP contribution in [0.5, 0.6) is 5.75 Å². The Morgan fingerprint density at radius 1 is 1.04 bits per heavy atom. The summed E-state index contributed by atoms with van der Waals surface area (Å²) in [5.41, 5.74) is 1.31. The molecule has 26 heavy (non-hydrogen) atoms. The molecule has 2 aromatic rings. The van der Waals surface area contributed by atoms with Crippen molar-refractivity contribution in [1.82, 2.24) is 10.6 Å². The summed E-state index contributed by atoms with van der Waals surface area (Å²) in [5, 5.41) is 5.64. The van der Waals surface area contributed by atoms with E-state index in [1.165, 1.54) is 5.56 Å². The number of benzene rings is 2. The Morgan fingerprint density at radius 3 is 2.27 bits per heavy atom. The molecule has 0 spiro atoms. The summed E-state index contributed by atoms with van der Waals surface area (Å²) >= 11 is 0. The molecule has 0 bridgehead atoms. The highest BCUT2D eigenvalue weighted by Crippen LogP contribution is 2.47. The molecule has 0 unspecified atom stereocenters. The van der Waals surface area contributed by atoms with Gasteiger partial charge < -0.3 is 15.4 Å². The van der Waals surface area contributed by atoms with Crippen molar-refractivity contribution in [3.05, 3.63) is 66.2 Å². The molecular formula is C21H24N2O3. The Morgan fingerprint density at radius 2 is 1.65 bits per heavy atom. The largest absolute Gasteiger partial charge is 0.484 e. The molecule has 0 saturated heterocycles. The second-order valence-corrected chi connectivity index (χ2v) is 6.76. The van der Waals surface area contributed by atoms with Crippen LogP contribution < -0.4 is 15.4 Å². The van der Waals surface area contributed by atoms with Gasteiger partial charge in [0, 0.05) is 12.0 Å². The lowest BCUT2D eigenvalue weighted by atomic mass is 9.96. The maximum atomic E-state index is 12.3. The lowest BCUT2D eigenvalue weighted by Crippen LogP contribution is -2.47. The Kier molecular flexibility index (Phi) is 5.56. The molecule has 0 radical (unpaired) electrons. The van der Waals surface area contributed by atoms with Crippen LogP contribution in [-0.2, 0) is 15.0 Å². The number of hydrogen-bond donors (Lipinski definition) is 2. The SMILES string of the molecule is C[C@H](NC(=O)COc1ccccc1)C(=O)NCC1(c2ccccc2)CC1. The Balaban J connectivity index is 1.42. The van der Waals surface area contributed by atoms with E-state index in [9.17, 15) is 9.59 Å². The number of para-hydroxylation sites is 1. The first-order valence-electron chi connectivity index (χ1n) is 8.89. The lowest BCUT2D eigenvalue weighted by Gasteiger charge is -2.19. The summed E-state index contributed by atoms with van der Waals surface area (Å²) in [5.74, 6) is 0.124. The molecule has 2 amide bonds. The number of rotatable bonds is 8. The molecule has 0 aromatic heterocycles. The van der Waals surface area contributed by atoms with Gasteiger partial charge in [-0.1, -0.05) is 48.5 Å². The molecule has 5 heteroatoms. The number of hydrogen-bond acceptors (Lipinski definition) is 3. The first-order valence-corrected chi connectivity index (χ1v) is 8.89. The summed E-state index contributed by atoms with van der Waals surface area (Å²) in [4.78, 5) is 24.2. The molecule has 0 aliphatic heterocycles. The predicted octanol–water partition coefficient (Wildman–Crippen LogP) is 2.42. The zero-order valence-electron chi connectivity index (χ0n) is 14.9. The summed E-state index contributed by atoms with van der Waals surface area (Å²) in [6.07, 6.45) is 2.14. The van der Waals surface area contributed by atoms with E-state index in [4.69, 9.17) is 4.74 Å². The maximum absolute atomic E-state index is 12.3. The van der Waals surface area contributed by atoms with Crippen molar-refractivity contribution in [3.8, 4) is 5.75 Å². The minimum Gasteiger partial charge on any atom is -0.484 e. The molecular weight excluding hydrogens is 328 g/mol. The van der Waals surface area contributed by atoms with Gasteiger partial charge in [-0.25, -0.2) is 0 Å². The van der Waals surface area contributed by atoms with E-state index in [0.29, 0.717) is 12.3 Å².